The molecular formula is C21H25N3O2. The highest BCUT2D eigenvalue weighted by Crippen LogP contribution is 2.17. The number of piperazine rings is 1. The number of Topliss-reactive ketones (excluding diaryl/α,β-unsaturated/α-hetero) is 1. The van der Waals surface area contributed by atoms with E-state index < -0.39 is 11.7 Å². The molecule has 1 aliphatic heterocycles. The molecule has 2 heterocycles. The van der Waals surface area contributed by atoms with Gasteiger partial charge in [-0.05, 0) is 30.0 Å². The molecule has 26 heavy (non-hydrogen) atoms. The van der Waals surface area contributed by atoms with Gasteiger partial charge in [0.25, 0.3) is 5.91 Å². The van der Waals surface area contributed by atoms with E-state index in [1.807, 2.05) is 37.4 Å². The number of benzene rings is 1. The minimum Gasteiger partial charge on any atom is -0.353 e. The standard InChI is InChI=1S/C21H25N3O2/c1-15(2)17-5-7-18(8-6-17)20(25)21(26)24-12-10-23(11-13-24)19-9-4-16(3)14-22-19/h4-9,14-15H,10-13H2,1-3H3. The first kappa shape index (κ1) is 18.1. The number of rotatable bonds is 4. The Morgan fingerprint density at radius 1 is 0.962 bits per heavy atom. The van der Waals surface area contributed by atoms with Crippen molar-refractivity contribution < 1.29 is 9.59 Å². The van der Waals surface area contributed by atoms with E-state index in [0.717, 1.165) is 16.9 Å². The molecular weight excluding hydrogens is 326 g/mol. The lowest BCUT2D eigenvalue weighted by molar-refractivity contribution is -0.126. The molecule has 0 spiro atoms. The SMILES string of the molecule is Cc1ccc(N2CCN(C(=O)C(=O)c3ccc(C(C)C)cc3)CC2)nc1. The first-order valence-corrected chi connectivity index (χ1v) is 9.07. The maximum absolute atomic E-state index is 12.5. The summed E-state index contributed by atoms with van der Waals surface area (Å²) in [4.78, 5) is 33.3. The first-order chi connectivity index (χ1) is 12.5. The highest BCUT2D eigenvalue weighted by molar-refractivity contribution is 6.42. The second-order valence-corrected chi connectivity index (χ2v) is 7.08. The van der Waals surface area contributed by atoms with Crippen LogP contribution in [0.25, 0.3) is 0 Å². The molecule has 1 fully saturated rings. The zero-order valence-corrected chi connectivity index (χ0v) is 15.6. The predicted molar refractivity (Wildman–Crippen MR) is 103 cm³/mol. The monoisotopic (exact) mass is 351 g/mol. The highest BCUT2D eigenvalue weighted by atomic mass is 16.2. The third-order valence-corrected chi connectivity index (χ3v) is 4.82. The summed E-state index contributed by atoms with van der Waals surface area (Å²) in [5, 5.41) is 0. The van der Waals surface area contributed by atoms with Crippen molar-refractivity contribution in [3.63, 3.8) is 0 Å². The minimum atomic E-state index is -0.429. The quantitative estimate of drug-likeness (QED) is 0.628. The van der Waals surface area contributed by atoms with Crippen molar-refractivity contribution >= 4 is 17.5 Å². The maximum Gasteiger partial charge on any atom is 0.295 e. The summed E-state index contributed by atoms with van der Waals surface area (Å²) in [6.07, 6.45) is 1.84. The van der Waals surface area contributed by atoms with E-state index in [0.29, 0.717) is 37.7 Å². The Balaban J connectivity index is 1.60. The number of aromatic nitrogens is 1. The van der Waals surface area contributed by atoms with Crippen LogP contribution in [0.1, 0.15) is 41.3 Å². The summed E-state index contributed by atoms with van der Waals surface area (Å²) in [5.74, 6) is 0.470. The molecule has 0 aliphatic carbocycles. The summed E-state index contributed by atoms with van der Waals surface area (Å²) in [5.41, 5.74) is 2.74. The van der Waals surface area contributed by atoms with Crippen LogP contribution >= 0.6 is 0 Å². The lowest BCUT2D eigenvalue weighted by Gasteiger charge is -2.35. The van der Waals surface area contributed by atoms with E-state index >= 15 is 0 Å². The van der Waals surface area contributed by atoms with Gasteiger partial charge >= 0.3 is 0 Å². The fraction of sp³-hybridized carbons (Fsp3) is 0.381. The number of amides is 1. The largest absolute Gasteiger partial charge is 0.353 e. The number of carbonyl (C=O) groups excluding carboxylic acids is 2. The molecule has 1 aromatic carbocycles. The Morgan fingerprint density at radius 2 is 1.62 bits per heavy atom. The first-order valence-electron chi connectivity index (χ1n) is 9.07. The predicted octanol–water partition coefficient (Wildman–Crippen LogP) is 3.04. The van der Waals surface area contributed by atoms with Crippen molar-refractivity contribution in [2.75, 3.05) is 31.1 Å². The van der Waals surface area contributed by atoms with Crippen LogP contribution in [0.5, 0.6) is 0 Å². The minimum absolute atomic E-state index is 0.401. The molecule has 0 unspecified atom stereocenters. The lowest BCUT2D eigenvalue weighted by atomic mass is 10.00. The third kappa shape index (κ3) is 3.93. The molecule has 0 radical (unpaired) electrons. The van der Waals surface area contributed by atoms with Crippen molar-refractivity contribution in [3.8, 4) is 0 Å². The number of anilines is 1. The molecule has 5 heteroatoms. The molecule has 0 N–H and O–H groups in total. The smallest absolute Gasteiger partial charge is 0.295 e. The van der Waals surface area contributed by atoms with Crippen LogP contribution in [0.15, 0.2) is 42.6 Å². The van der Waals surface area contributed by atoms with E-state index in [-0.39, 0.29) is 0 Å². The highest BCUT2D eigenvalue weighted by Gasteiger charge is 2.27. The Kier molecular flexibility index (Phi) is 5.35. The number of pyridine rings is 1. The molecule has 1 aromatic heterocycles. The number of carbonyl (C=O) groups is 2. The van der Waals surface area contributed by atoms with Gasteiger partial charge in [0.1, 0.15) is 5.82 Å². The normalized spacial score (nSPS) is 14.6. The van der Waals surface area contributed by atoms with Crippen molar-refractivity contribution in [2.24, 2.45) is 0 Å². The van der Waals surface area contributed by atoms with Crippen molar-refractivity contribution in [2.45, 2.75) is 26.7 Å². The number of hydrogen-bond donors (Lipinski definition) is 0. The zero-order valence-electron chi connectivity index (χ0n) is 15.6. The summed E-state index contributed by atoms with van der Waals surface area (Å²) < 4.78 is 0. The molecule has 1 aliphatic rings. The second kappa shape index (κ2) is 7.68. The molecule has 2 aromatic rings. The van der Waals surface area contributed by atoms with Crippen LogP contribution in [0.2, 0.25) is 0 Å². The number of aryl methyl sites for hydroxylation is 1. The zero-order chi connectivity index (χ0) is 18.7. The number of ketones is 1. The number of hydrogen-bond acceptors (Lipinski definition) is 4. The summed E-state index contributed by atoms with van der Waals surface area (Å²) in [6.45, 7) is 8.64. The fourth-order valence-electron chi connectivity index (χ4n) is 3.07. The summed E-state index contributed by atoms with van der Waals surface area (Å²) >= 11 is 0. The molecule has 5 nitrogen and oxygen atoms in total. The van der Waals surface area contributed by atoms with E-state index in [1.54, 1.807) is 17.0 Å². The summed E-state index contributed by atoms with van der Waals surface area (Å²) in [6, 6.07) is 11.4. The van der Waals surface area contributed by atoms with Gasteiger partial charge in [0.15, 0.2) is 0 Å². The molecule has 0 bridgehead atoms. The Hall–Kier alpha value is -2.69. The number of nitrogens with zero attached hydrogens (tertiary/aromatic N) is 3. The topological polar surface area (TPSA) is 53.5 Å². The fourth-order valence-corrected chi connectivity index (χ4v) is 3.07. The van der Waals surface area contributed by atoms with Gasteiger partial charge in [0, 0.05) is 37.9 Å². The molecule has 0 atom stereocenters. The van der Waals surface area contributed by atoms with Crippen LogP contribution in [0.4, 0.5) is 5.82 Å². The van der Waals surface area contributed by atoms with E-state index in [2.05, 4.69) is 23.7 Å². The van der Waals surface area contributed by atoms with Crippen LogP contribution in [0, 0.1) is 6.92 Å². The van der Waals surface area contributed by atoms with Crippen LogP contribution in [-0.4, -0.2) is 47.8 Å². The van der Waals surface area contributed by atoms with Gasteiger partial charge in [0.05, 0.1) is 0 Å². The van der Waals surface area contributed by atoms with Gasteiger partial charge in [-0.1, -0.05) is 44.2 Å². The van der Waals surface area contributed by atoms with Gasteiger partial charge in [0.2, 0.25) is 5.78 Å². The van der Waals surface area contributed by atoms with Crippen molar-refractivity contribution in [1.29, 1.82) is 0 Å². The molecule has 1 saturated heterocycles. The van der Waals surface area contributed by atoms with Gasteiger partial charge in [-0.15, -0.1) is 0 Å². The second-order valence-electron chi connectivity index (χ2n) is 7.08. The van der Waals surface area contributed by atoms with Gasteiger partial charge in [-0.2, -0.15) is 0 Å². The van der Waals surface area contributed by atoms with Crippen LogP contribution < -0.4 is 4.90 Å². The van der Waals surface area contributed by atoms with Crippen LogP contribution in [-0.2, 0) is 4.79 Å². The average molecular weight is 351 g/mol. The van der Waals surface area contributed by atoms with Crippen molar-refractivity contribution in [3.05, 3.63) is 59.3 Å². The Bertz CT molecular complexity index is 774. The van der Waals surface area contributed by atoms with Gasteiger partial charge in [-0.25, -0.2) is 4.98 Å². The van der Waals surface area contributed by atoms with Crippen LogP contribution in [0.3, 0.4) is 0 Å². The Morgan fingerprint density at radius 3 is 2.15 bits per heavy atom. The third-order valence-electron chi connectivity index (χ3n) is 4.82. The Labute approximate surface area is 154 Å². The van der Waals surface area contributed by atoms with E-state index in [1.165, 1.54) is 0 Å². The molecule has 3 rings (SSSR count). The molecule has 136 valence electrons. The van der Waals surface area contributed by atoms with Gasteiger partial charge < -0.3 is 9.80 Å². The van der Waals surface area contributed by atoms with E-state index in [9.17, 15) is 9.59 Å². The van der Waals surface area contributed by atoms with Gasteiger partial charge in [-0.3, -0.25) is 9.59 Å². The molecule has 1 amide bonds. The molecule has 0 saturated carbocycles. The van der Waals surface area contributed by atoms with E-state index in [4.69, 9.17) is 0 Å². The maximum atomic E-state index is 12.5. The lowest BCUT2D eigenvalue weighted by Crippen LogP contribution is -2.50. The van der Waals surface area contributed by atoms with Crippen molar-refractivity contribution in [1.82, 2.24) is 9.88 Å². The summed E-state index contributed by atoms with van der Waals surface area (Å²) in [7, 11) is 0. The average Bonchev–Trinajstić information content (AvgIpc) is 2.67.